The van der Waals surface area contributed by atoms with Crippen LogP contribution in [0.4, 0.5) is 5.69 Å². The minimum absolute atomic E-state index is 0.0618. The molecule has 10 heteroatoms. The maximum Gasteiger partial charge on any atom is 0.220 e. The number of nitrogens with zero attached hydrogens (tertiary/aromatic N) is 5. The Balaban J connectivity index is 1.90. The molecule has 128 valence electrons. The van der Waals surface area contributed by atoms with Crippen LogP contribution in [0, 0.1) is 6.92 Å². The third-order valence-corrected chi connectivity index (χ3v) is 5.12. The van der Waals surface area contributed by atoms with Crippen molar-refractivity contribution in [1.82, 2.24) is 20.2 Å². The van der Waals surface area contributed by atoms with Gasteiger partial charge in [0.15, 0.2) is 0 Å². The second kappa shape index (κ2) is 7.11. The second-order valence-corrected chi connectivity index (χ2v) is 7.78. The lowest BCUT2D eigenvalue weighted by Gasteiger charge is -2.08. The number of anilines is 1. The third-order valence-electron chi connectivity index (χ3n) is 3.25. The lowest BCUT2D eigenvalue weighted by Crippen LogP contribution is -2.09. The van der Waals surface area contributed by atoms with Crippen molar-refractivity contribution in [1.29, 1.82) is 0 Å². The van der Waals surface area contributed by atoms with E-state index < -0.39 is 9.84 Å². The molecule has 1 N–H and O–H groups in total. The van der Waals surface area contributed by atoms with E-state index in [1.807, 2.05) is 19.1 Å². The molecule has 0 fully saturated rings. The highest BCUT2D eigenvalue weighted by molar-refractivity contribution is 9.10. The Morgan fingerprint density at radius 1 is 1.20 bits per heavy atom. The molecule has 0 bridgehead atoms. The van der Waals surface area contributed by atoms with Crippen LogP contribution in [0.3, 0.4) is 0 Å². The van der Waals surface area contributed by atoms with Crippen LogP contribution in [0.15, 0.2) is 63.3 Å². The summed E-state index contributed by atoms with van der Waals surface area (Å²) in [6.07, 6.45) is 1.34. The SMILES string of the molecule is Cc1ccc(S(=O)(=O)C=NNc2ccc(Br)cc2)c(-n2cnnn2)c1. The summed E-state index contributed by atoms with van der Waals surface area (Å²) in [4.78, 5) is 0.0618. The summed E-state index contributed by atoms with van der Waals surface area (Å²) in [5.41, 5.74) is 5.47. The molecule has 25 heavy (non-hydrogen) atoms. The molecule has 0 spiro atoms. The lowest BCUT2D eigenvalue weighted by atomic mass is 10.2. The predicted octanol–water partition coefficient (Wildman–Crippen LogP) is 2.56. The van der Waals surface area contributed by atoms with Gasteiger partial charge in [-0.1, -0.05) is 22.0 Å². The number of rotatable bonds is 5. The smallest absolute Gasteiger partial charge is 0.220 e. The molecular formula is C15H13BrN6O2S. The van der Waals surface area contributed by atoms with Crippen molar-refractivity contribution in [3.05, 3.63) is 58.8 Å². The quantitative estimate of drug-likeness (QED) is 0.386. The number of aromatic nitrogens is 4. The zero-order valence-corrected chi connectivity index (χ0v) is 15.4. The second-order valence-electron chi connectivity index (χ2n) is 5.12. The van der Waals surface area contributed by atoms with Gasteiger partial charge in [-0.05, 0) is 59.3 Å². The molecule has 2 aromatic carbocycles. The van der Waals surface area contributed by atoms with Crippen molar-refractivity contribution in [3.63, 3.8) is 0 Å². The molecule has 0 aliphatic heterocycles. The monoisotopic (exact) mass is 420 g/mol. The van der Waals surface area contributed by atoms with Crippen LogP contribution in [0.1, 0.15) is 5.56 Å². The fraction of sp³-hybridized carbons (Fsp3) is 0.0667. The first-order chi connectivity index (χ1) is 12.0. The molecule has 0 aliphatic rings. The van der Waals surface area contributed by atoms with E-state index in [1.54, 1.807) is 24.3 Å². The normalized spacial score (nSPS) is 11.8. The van der Waals surface area contributed by atoms with Gasteiger partial charge in [0.05, 0.1) is 16.3 Å². The van der Waals surface area contributed by atoms with Crippen LogP contribution in [0.2, 0.25) is 0 Å². The summed E-state index contributed by atoms with van der Waals surface area (Å²) < 4.78 is 27.5. The molecule has 0 aliphatic carbocycles. The number of tetrazole rings is 1. The number of halogens is 1. The fourth-order valence-corrected chi connectivity index (χ4v) is 3.34. The zero-order chi connectivity index (χ0) is 17.9. The largest absolute Gasteiger partial charge is 0.278 e. The van der Waals surface area contributed by atoms with Gasteiger partial charge in [-0.15, -0.1) is 5.10 Å². The van der Waals surface area contributed by atoms with Gasteiger partial charge in [0.25, 0.3) is 0 Å². The average Bonchev–Trinajstić information content (AvgIpc) is 3.11. The Labute approximate surface area is 152 Å². The highest BCUT2D eigenvalue weighted by Crippen LogP contribution is 2.21. The Morgan fingerprint density at radius 2 is 1.96 bits per heavy atom. The third kappa shape index (κ3) is 4.09. The average molecular weight is 421 g/mol. The standard InChI is InChI=1S/C15H13BrN6O2S/c1-11-2-7-15(14(8-11)22-9-17-20-21-22)25(23,24)10-18-19-13-5-3-12(16)4-6-13/h2-10,19H,1H3. The topological polar surface area (TPSA) is 102 Å². The minimum atomic E-state index is -3.79. The maximum atomic E-state index is 12.6. The summed E-state index contributed by atoms with van der Waals surface area (Å²) in [7, 11) is -3.79. The highest BCUT2D eigenvalue weighted by atomic mass is 79.9. The van der Waals surface area contributed by atoms with Crippen LogP contribution in [-0.2, 0) is 9.84 Å². The Bertz CT molecular complexity index is 1000. The number of hydrazone groups is 1. The van der Waals surface area contributed by atoms with E-state index in [4.69, 9.17) is 0 Å². The van der Waals surface area contributed by atoms with Crippen molar-refractivity contribution >= 4 is 37.0 Å². The maximum absolute atomic E-state index is 12.6. The van der Waals surface area contributed by atoms with Crippen molar-refractivity contribution < 1.29 is 8.42 Å². The minimum Gasteiger partial charge on any atom is -0.278 e. The van der Waals surface area contributed by atoms with Gasteiger partial charge in [0.2, 0.25) is 9.84 Å². The summed E-state index contributed by atoms with van der Waals surface area (Å²) in [5.74, 6) is 0. The van der Waals surface area contributed by atoms with E-state index in [0.29, 0.717) is 11.4 Å². The van der Waals surface area contributed by atoms with Gasteiger partial charge >= 0.3 is 0 Å². The summed E-state index contributed by atoms with van der Waals surface area (Å²) in [6, 6.07) is 12.1. The molecule has 0 unspecified atom stereocenters. The van der Waals surface area contributed by atoms with Crippen LogP contribution < -0.4 is 5.43 Å². The van der Waals surface area contributed by atoms with Gasteiger partial charge in [-0.25, -0.2) is 8.42 Å². The van der Waals surface area contributed by atoms with E-state index in [-0.39, 0.29) is 4.90 Å². The lowest BCUT2D eigenvalue weighted by molar-refractivity contribution is 0.606. The molecule has 1 aromatic heterocycles. The van der Waals surface area contributed by atoms with Crippen molar-refractivity contribution in [2.75, 3.05) is 5.43 Å². The van der Waals surface area contributed by atoms with E-state index in [9.17, 15) is 8.42 Å². The number of aryl methyl sites for hydroxylation is 1. The molecule has 0 radical (unpaired) electrons. The van der Waals surface area contributed by atoms with Crippen LogP contribution in [0.25, 0.3) is 5.69 Å². The molecule has 0 atom stereocenters. The highest BCUT2D eigenvalue weighted by Gasteiger charge is 2.19. The van der Waals surface area contributed by atoms with E-state index >= 15 is 0 Å². The Hall–Kier alpha value is -2.59. The van der Waals surface area contributed by atoms with Crippen molar-refractivity contribution in [2.45, 2.75) is 11.8 Å². The van der Waals surface area contributed by atoms with Gasteiger partial charge in [-0.3, -0.25) is 5.43 Å². The first kappa shape index (κ1) is 17.2. The van der Waals surface area contributed by atoms with Crippen LogP contribution in [0.5, 0.6) is 0 Å². The number of sulfone groups is 1. The number of hydrogen-bond donors (Lipinski definition) is 1. The number of nitrogens with one attached hydrogen (secondary N) is 1. The van der Waals surface area contributed by atoms with Crippen molar-refractivity contribution in [2.24, 2.45) is 5.10 Å². The molecular weight excluding hydrogens is 408 g/mol. The summed E-state index contributed by atoms with van der Waals surface area (Å²) >= 11 is 3.33. The molecule has 1 heterocycles. The first-order valence-electron chi connectivity index (χ1n) is 7.09. The van der Waals surface area contributed by atoms with Gasteiger partial charge in [0, 0.05) is 4.47 Å². The predicted molar refractivity (Wildman–Crippen MR) is 97.3 cm³/mol. The van der Waals surface area contributed by atoms with Crippen molar-refractivity contribution in [3.8, 4) is 5.69 Å². The number of benzene rings is 2. The van der Waals surface area contributed by atoms with E-state index in [2.05, 4.69) is 42.0 Å². The Kier molecular flexibility index (Phi) is 4.91. The van der Waals surface area contributed by atoms with E-state index in [0.717, 1.165) is 15.6 Å². The van der Waals surface area contributed by atoms with Crippen LogP contribution in [-0.4, -0.2) is 34.2 Å². The zero-order valence-electron chi connectivity index (χ0n) is 13.0. The van der Waals surface area contributed by atoms with Crippen LogP contribution >= 0.6 is 15.9 Å². The number of hydrogen-bond acceptors (Lipinski definition) is 7. The molecule has 0 saturated carbocycles. The molecule has 8 nitrogen and oxygen atoms in total. The molecule has 0 saturated heterocycles. The van der Waals surface area contributed by atoms with E-state index in [1.165, 1.54) is 17.1 Å². The summed E-state index contributed by atoms with van der Waals surface area (Å²) in [6.45, 7) is 1.85. The summed E-state index contributed by atoms with van der Waals surface area (Å²) in [5, 5.41) is 14.7. The molecule has 3 rings (SSSR count). The fourth-order valence-electron chi connectivity index (χ4n) is 2.07. The Morgan fingerprint density at radius 3 is 2.64 bits per heavy atom. The van der Waals surface area contributed by atoms with Gasteiger partial charge < -0.3 is 0 Å². The van der Waals surface area contributed by atoms with Gasteiger partial charge in [0.1, 0.15) is 11.9 Å². The molecule has 3 aromatic rings. The first-order valence-corrected chi connectivity index (χ1v) is 9.43. The molecule has 0 amide bonds. The van der Waals surface area contributed by atoms with Gasteiger partial charge in [-0.2, -0.15) is 9.78 Å².